The lowest BCUT2D eigenvalue weighted by molar-refractivity contribution is -0.116. The van der Waals surface area contributed by atoms with E-state index in [1.165, 1.54) is 0 Å². The van der Waals surface area contributed by atoms with Crippen molar-refractivity contribution < 1.29 is 9.53 Å². The fourth-order valence-electron chi connectivity index (χ4n) is 2.90. The van der Waals surface area contributed by atoms with Crippen LogP contribution in [-0.4, -0.2) is 27.0 Å². The van der Waals surface area contributed by atoms with Gasteiger partial charge in [0.1, 0.15) is 17.1 Å². The van der Waals surface area contributed by atoms with E-state index in [4.69, 9.17) is 4.74 Å². The van der Waals surface area contributed by atoms with Gasteiger partial charge in [0, 0.05) is 31.3 Å². The molecule has 0 bridgehead atoms. The van der Waals surface area contributed by atoms with E-state index in [1.54, 1.807) is 6.20 Å². The van der Waals surface area contributed by atoms with Crippen LogP contribution in [0.1, 0.15) is 32.5 Å². The zero-order valence-electron chi connectivity index (χ0n) is 15.2. The smallest absolute Gasteiger partial charge is 0.224 e. The second-order valence-corrected chi connectivity index (χ2v) is 6.03. The van der Waals surface area contributed by atoms with Gasteiger partial charge in [0.2, 0.25) is 5.91 Å². The lowest BCUT2D eigenvalue weighted by Gasteiger charge is -2.08. The third-order valence-electron chi connectivity index (χ3n) is 4.05. The summed E-state index contributed by atoms with van der Waals surface area (Å²) in [6, 6.07) is 11.2. The summed E-state index contributed by atoms with van der Waals surface area (Å²) in [6.07, 6.45) is 3.73. The number of benzene rings is 1. The van der Waals surface area contributed by atoms with Crippen LogP contribution in [-0.2, 0) is 17.8 Å². The molecule has 0 spiro atoms. The number of aryl methyl sites for hydroxylation is 2. The van der Waals surface area contributed by atoms with Crippen molar-refractivity contribution in [3.05, 3.63) is 48.4 Å². The zero-order chi connectivity index (χ0) is 18.4. The van der Waals surface area contributed by atoms with Crippen molar-refractivity contribution in [2.24, 2.45) is 0 Å². The summed E-state index contributed by atoms with van der Waals surface area (Å²) in [4.78, 5) is 21.4. The molecule has 3 rings (SSSR count). The van der Waals surface area contributed by atoms with Crippen LogP contribution >= 0.6 is 0 Å². The van der Waals surface area contributed by atoms with E-state index in [0.29, 0.717) is 19.4 Å². The minimum absolute atomic E-state index is 0.0303. The predicted molar refractivity (Wildman–Crippen MR) is 102 cm³/mol. The van der Waals surface area contributed by atoms with Gasteiger partial charge in [0.25, 0.3) is 0 Å². The van der Waals surface area contributed by atoms with Gasteiger partial charge in [-0.2, -0.15) is 0 Å². The van der Waals surface area contributed by atoms with Crippen LogP contribution in [0.25, 0.3) is 11.2 Å². The second-order valence-electron chi connectivity index (χ2n) is 6.03. The van der Waals surface area contributed by atoms with Crippen molar-refractivity contribution >= 4 is 22.8 Å². The Morgan fingerprint density at radius 2 is 2.00 bits per heavy atom. The van der Waals surface area contributed by atoms with E-state index < -0.39 is 0 Å². The Morgan fingerprint density at radius 1 is 1.19 bits per heavy atom. The van der Waals surface area contributed by atoms with Gasteiger partial charge in [0.15, 0.2) is 5.65 Å². The van der Waals surface area contributed by atoms with Crippen molar-refractivity contribution in [2.45, 2.75) is 39.7 Å². The number of nitrogens with one attached hydrogen (secondary N) is 1. The molecular weight excluding hydrogens is 328 g/mol. The highest BCUT2D eigenvalue weighted by Gasteiger charge is 2.12. The molecule has 1 amide bonds. The minimum Gasteiger partial charge on any atom is -0.494 e. The van der Waals surface area contributed by atoms with Gasteiger partial charge in [-0.25, -0.2) is 9.97 Å². The summed E-state index contributed by atoms with van der Waals surface area (Å²) in [6.45, 7) is 5.54. The highest BCUT2D eigenvalue weighted by molar-refractivity contribution is 5.90. The van der Waals surface area contributed by atoms with Crippen molar-refractivity contribution in [1.29, 1.82) is 0 Å². The molecule has 2 aromatic heterocycles. The number of imidazole rings is 1. The first-order valence-corrected chi connectivity index (χ1v) is 9.04. The van der Waals surface area contributed by atoms with Crippen molar-refractivity contribution in [3.63, 3.8) is 0 Å². The molecule has 6 heteroatoms. The summed E-state index contributed by atoms with van der Waals surface area (Å²) in [5.74, 6) is 1.67. The molecule has 0 unspecified atom stereocenters. The fourth-order valence-corrected chi connectivity index (χ4v) is 2.90. The SMILES string of the molecule is CCCn1c(CCC(=O)Nc2ccc(OCC)cc2)nc2cccnc21. The topological polar surface area (TPSA) is 69.0 Å². The lowest BCUT2D eigenvalue weighted by Crippen LogP contribution is -2.14. The average Bonchev–Trinajstić information content (AvgIpc) is 3.00. The van der Waals surface area contributed by atoms with Gasteiger partial charge in [-0.15, -0.1) is 0 Å². The Bertz CT molecular complexity index is 871. The number of carbonyl (C=O) groups excluding carboxylic acids is 1. The first-order valence-electron chi connectivity index (χ1n) is 9.04. The van der Waals surface area contributed by atoms with Gasteiger partial charge < -0.3 is 14.6 Å². The summed E-state index contributed by atoms with van der Waals surface area (Å²) in [5, 5.41) is 2.92. The van der Waals surface area contributed by atoms with Crippen LogP contribution in [0, 0.1) is 0 Å². The van der Waals surface area contributed by atoms with Crippen LogP contribution in [0.5, 0.6) is 5.75 Å². The van der Waals surface area contributed by atoms with Crippen LogP contribution in [0.4, 0.5) is 5.69 Å². The van der Waals surface area contributed by atoms with E-state index >= 15 is 0 Å². The standard InChI is InChI=1S/C20H24N4O2/c1-3-14-24-18(23-17-6-5-13-21-20(17)24)11-12-19(25)22-15-7-9-16(10-8-15)26-4-2/h5-10,13H,3-4,11-12,14H2,1-2H3,(H,22,25). The maximum atomic E-state index is 12.3. The number of nitrogens with zero attached hydrogens (tertiary/aromatic N) is 3. The molecule has 0 fully saturated rings. The fraction of sp³-hybridized carbons (Fsp3) is 0.350. The number of aromatic nitrogens is 3. The Kier molecular flexibility index (Phi) is 5.84. The lowest BCUT2D eigenvalue weighted by atomic mass is 10.2. The molecule has 2 heterocycles. The molecule has 3 aromatic rings. The maximum Gasteiger partial charge on any atom is 0.224 e. The molecule has 26 heavy (non-hydrogen) atoms. The second kappa shape index (κ2) is 8.47. The maximum absolute atomic E-state index is 12.3. The van der Waals surface area contributed by atoms with Crippen LogP contribution in [0.15, 0.2) is 42.6 Å². The van der Waals surface area contributed by atoms with Gasteiger partial charge in [0.05, 0.1) is 6.61 Å². The molecule has 1 N–H and O–H groups in total. The highest BCUT2D eigenvalue weighted by Crippen LogP contribution is 2.17. The molecule has 0 aliphatic heterocycles. The molecule has 0 atom stereocenters. The minimum atomic E-state index is -0.0303. The zero-order valence-corrected chi connectivity index (χ0v) is 15.2. The van der Waals surface area contributed by atoms with Crippen LogP contribution in [0.3, 0.4) is 0 Å². The Hall–Kier alpha value is -2.89. The molecule has 0 saturated heterocycles. The van der Waals surface area contributed by atoms with E-state index in [2.05, 4.69) is 26.8 Å². The number of pyridine rings is 1. The van der Waals surface area contributed by atoms with Gasteiger partial charge in [-0.3, -0.25) is 4.79 Å². The number of ether oxygens (including phenoxy) is 1. The first kappa shape index (κ1) is 17.9. The predicted octanol–water partition coefficient (Wildman–Crippen LogP) is 3.81. The molecule has 0 saturated carbocycles. The Morgan fingerprint density at radius 3 is 2.73 bits per heavy atom. The summed E-state index contributed by atoms with van der Waals surface area (Å²) in [7, 11) is 0. The van der Waals surface area contributed by atoms with Gasteiger partial charge >= 0.3 is 0 Å². The Balaban J connectivity index is 1.64. The van der Waals surface area contributed by atoms with E-state index in [9.17, 15) is 4.79 Å². The summed E-state index contributed by atoms with van der Waals surface area (Å²) < 4.78 is 7.52. The number of carbonyl (C=O) groups is 1. The Labute approximate surface area is 153 Å². The monoisotopic (exact) mass is 352 g/mol. The highest BCUT2D eigenvalue weighted by atomic mass is 16.5. The normalized spacial score (nSPS) is 10.8. The molecular formula is C20H24N4O2. The van der Waals surface area contributed by atoms with Crippen molar-refractivity contribution in [3.8, 4) is 5.75 Å². The molecule has 0 aliphatic rings. The molecule has 1 aromatic carbocycles. The quantitative estimate of drug-likeness (QED) is 0.669. The number of fused-ring (bicyclic) bond motifs is 1. The number of rotatable bonds is 8. The van der Waals surface area contributed by atoms with Gasteiger partial charge in [-0.1, -0.05) is 6.92 Å². The third kappa shape index (κ3) is 4.20. The van der Waals surface area contributed by atoms with Crippen molar-refractivity contribution in [1.82, 2.24) is 14.5 Å². The van der Waals surface area contributed by atoms with Gasteiger partial charge in [-0.05, 0) is 49.7 Å². The van der Waals surface area contributed by atoms with E-state index in [1.807, 2.05) is 43.3 Å². The van der Waals surface area contributed by atoms with Crippen molar-refractivity contribution in [2.75, 3.05) is 11.9 Å². The number of amides is 1. The number of hydrogen-bond donors (Lipinski definition) is 1. The van der Waals surface area contributed by atoms with Crippen LogP contribution < -0.4 is 10.1 Å². The summed E-state index contributed by atoms with van der Waals surface area (Å²) >= 11 is 0. The third-order valence-corrected chi connectivity index (χ3v) is 4.05. The van der Waals surface area contributed by atoms with E-state index in [-0.39, 0.29) is 5.91 Å². The largest absolute Gasteiger partial charge is 0.494 e. The molecule has 6 nitrogen and oxygen atoms in total. The molecule has 136 valence electrons. The molecule has 0 radical (unpaired) electrons. The van der Waals surface area contributed by atoms with E-state index in [0.717, 1.165) is 41.4 Å². The number of anilines is 1. The van der Waals surface area contributed by atoms with Crippen LogP contribution in [0.2, 0.25) is 0 Å². The average molecular weight is 352 g/mol. The first-order chi connectivity index (χ1) is 12.7. The summed E-state index contributed by atoms with van der Waals surface area (Å²) in [5.41, 5.74) is 2.53. The number of hydrogen-bond acceptors (Lipinski definition) is 4. The molecule has 0 aliphatic carbocycles.